The van der Waals surface area contributed by atoms with Crippen LogP contribution in [0.4, 0.5) is 0 Å². The van der Waals surface area contributed by atoms with E-state index in [1.54, 1.807) is 16.7 Å². The molecule has 0 saturated heterocycles. The molecule has 2 aromatic rings. The molecule has 0 saturated carbocycles. The zero-order valence-electron chi connectivity index (χ0n) is 10.2. The predicted octanol–water partition coefficient (Wildman–Crippen LogP) is 3.19. The fourth-order valence-corrected chi connectivity index (χ4v) is 2.74. The number of amides is 1. The van der Waals surface area contributed by atoms with Crippen molar-refractivity contribution in [1.82, 2.24) is 10.5 Å². The quantitative estimate of drug-likeness (QED) is 0.857. The molecule has 6 heteroatoms. The van der Waals surface area contributed by atoms with Gasteiger partial charge in [-0.25, -0.2) is 10.5 Å². The fourth-order valence-electron chi connectivity index (χ4n) is 1.22. The highest BCUT2D eigenvalue weighted by atomic mass is 32.1. The summed E-state index contributed by atoms with van der Waals surface area (Å²) in [5, 5.41) is 6.59. The van der Waals surface area contributed by atoms with Crippen LogP contribution in [0.25, 0.3) is 10.6 Å². The molecule has 96 valence electrons. The molecular formula is C12H14N2O2S2. The normalized spacial score (nSPS) is 10.8. The third-order valence-corrected chi connectivity index (χ3v) is 3.66. The Bertz CT molecular complexity index is 506. The number of thiazole rings is 1. The van der Waals surface area contributed by atoms with Crippen molar-refractivity contribution in [2.75, 3.05) is 6.61 Å². The molecule has 18 heavy (non-hydrogen) atoms. The molecule has 0 aliphatic carbocycles. The van der Waals surface area contributed by atoms with Crippen LogP contribution in [0.15, 0.2) is 22.2 Å². The van der Waals surface area contributed by atoms with Gasteiger partial charge in [-0.15, -0.1) is 11.3 Å². The smallest absolute Gasteiger partial charge is 0.273 e. The summed E-state index contributed by atoms with van der Waals surface area (Å²) in [5.41, 5.74) is 3.84. The molecule has 2 aromatic heterocycles. The molecule has 4 nitrogen and oxygen atoms in total. The summed E-state index contributed by atoms with van der Waals surface area (Å²) in [6, 6.07) is 1.99. The first kappa shape index (κ1) is 13.2. The molecule has 2 heterocycles. The lowest BCUT2D eigenvalue weighted by Crippen LogP contribution is -2.25. The molecule has 0 aromatic carbocycles. The van der Waals surface area contributed by atoms with E-state index in [1.807, 2.05) is 30.7 Å². The van der Waals surface area contributed by atoms with Gasteiger partial charge in [-0.05, 0) is 17.4 Å². The third-order valence-electron chi connectivity index (χ3n) is 2.09. The number of carbonyl (C=O) groups excluding carboxylic acids is 1. The van der Waals surface area contributed by atoms with Crippen LogP contribution in [0.3, 0.4) is 0 Å². The van der Waals surface area contributed by atoms with Crippen LogP contribution < -0.4 is 5.48 Å². The number of carbonyl (C=O) groups is 1. The fraction of sp³-hybridized carbons (Fsp3) is 0.333. The van der Waals surface area contributed by atoms with Crippen LogP contribution in [-0.4, -0.2) is 17.5 Å². The first-order valence-corrected chi connectivity index (χ1v) is 7.39. The van der Waals surface area contributed by atoms with E-state index in [0.29, 0.717) is 18.2 Å². The molecular weight excluding hydrogens is 268 g/mol. The maximum Gasteiger partial charge on any atom is 0.294 e. The SMILES string of the molecule is CC(C)CONC(=O)c1csc(-c2ccsc2)n1. The van der Waals surface area contributed by atoms with Gasteiger partial charge in [0.25, 0.3) is 5.91 Å². The molecule has 0 unspecified atom stereocenters. The van der Waals surface area contributed by atoms with Gasteiger partial charge in [0.15, 0.2) is 0 Å². The monoisotopic (exact) mass is 282 g/mol. The van der Waals surface area contributed by atoms with Crippen molar-refractivity contribution in [1.29, 1.82) is 0 Å². The van der Waals surface area contributed by atoms with E-state index in [1.165, 1.54) is 11.3 Å². The molecule has 0 bridgehead atoms. The number of rotatable bonds is 5. The molecule has 1 amide bonds. The first-order chi connectivity index (χ1) is 8.66. The maximum atomic E-state index is 11.7. The Morgan fingerprint density at radius 2 is 2.33 bits per heavy atom. The molecule has 0 spiro atoms. The van der Waals surface area contributed by atoms with Crippen molar-refractivity contribution in [3.8, 4) is 10.6 Å². The molecule has 2 rings (SSSR count). The summed E-state index contributed by atoms with van der Waals surface area (Å²) in [4.78, 5) is 21.1. The summed E-state index contributed by atoms with van der Waals surface area (Å²) in [5.74, 6) is 0.0791. The number of aromatic nitrogens is 1. The van der Waals surface area contributed by atoms with E-state index in [4.69, 9.17) is 4.84 Å². The van der Waals surface area contributed by atoms with Crippen LogP contribution >= 0.6 is 22.7 Å². The van der Waals surface area contributed by atoms with Crippen molar-refractivity contribution in [2.24, 2.45) is 5.92 Å². The Balaban J connectivity index is 1.95. The van der Waals surface area contributed by atoms with E-state index in [2.05, 4.69) is 10.5 Å². The highest BCUT2D eigenvalue weighted by Crippen LogP contribution is 2.25. The average molecular weight is 282 g/mol. The largest absolute Gasteiger partial charge is 0.294 e. The van der Waals surface area contributed by atoms with Crippen molar-refractivity contribution >= 4 is 28.6 Å². The van der Waals surface area contributed by atoms with E-state index in [9.17, 15) is 4.79 Å². The second-order valence-electron chi connectivity index (χ2n) is 4.19. The molecule has 0 radical (unpaired) electrons. The minimum absolute atomic E-state index is 0.298. The van der Waals surface area contributed by atoms with E-state index < -0.39 is 0 Å². The number of nitrogens with one attached hydrogen (secondary N) is 1. The summed E-state index contributed by atoms with van der Waals surface area (Å²) in [6.07, 6.45) is 0. The van der Waals surface area contributed by atoms with Gasteiger partial charge in [-0.2, -0.15) is 11.3 Å². The summed E-state index contributed by atoms with van der Waals surface area (Å²) < 4.78 is 0. The maximum absolute atomic E-state index is 11.7. The minimum atomic E-state index is -0.298. The van der Waals surface area contributed by atoms with Crippen LogP contribution in [0.2, 0.25) is 0 Å². The van der Waals surface area contributed by atoms with Gasteiger partial charge in [0.1, 0.15) is 10.7 Å². The van der Waals surface area contributed by atoms with Crippen LogP contribution in [0.5, 0.6) is 0 Å². The Hall–Kier alpha value is -1.24. The van der Waals surface area contributed by atoms with Gasteiger partial charge in [0, 0.05) is 16.3 Å². The lowest BCUT2D eigenvalue weighted by Gasteiger charge is -2.05. The van der Waals surface area contributed by atoms with Gasteiger partial charge < -0.3 is 0 Å². The Morgan fingerprint density at radius 3 is 3.00 bits per heavy atom. The Kier molecular flexibility index (Phi) is 4.46. The van der Waals surface area contributed by atoms with Crippen molar-refractivity contribution in [3.05, 3.63) is 27.9 Å². The van der Waals surface area contributed by atoms with Crippen molar-refractivity contribution in [3.63, 3.8) is 0 Å². The number of thiophene rings is 1. The lowest BCUT2D eigenvalue weighted by atomic mass is 10.2. The van der Waals surface area contributed by atoms with Gasteiger partial charge in [-0.1, -0.05) is 13.8 Å². The van der Waals surface area contributed by atoms with Crippen molar-refractivity contribution < 1.29 is 9.63 Å². The average Bonchev–Trinajstić information content (AvgIpc) is 2.99. The Morgan fingerprint density at radius 1 is 1.50 bits per heavy atom. The van der Waals surface area contributed by atoms with Crippen molar-refractivity contribution in [2.45, 2.75) is 13.8 Å². The second-order valence-corrected chi connectivity index (χ2v) is 5.82. The standard InChI is InChI=1S/C12H14N2O2S2/c1-8(2)5-16-14-11(15)10-7-18-12(13-10)9-3-4-17-6-9/h3-4,6-8H,5H2,1-2H3,(H,14,15). The molecule has 0 atom stereocenters. The Labute approximate surface area is 114 Å². The highest BCUT2D eigenvalue weighted by molar-refractivity contribution is 7.14. The number of hydroxylamine groups is 1. The van der Waals surface area contributed by atoms with E-state index in [0.717, 1.165) is 10.6 Å². The topological polar surface area (TPSA) is 51.2 Å². The summed E-state index contributed by atoms with van der Waals surface area (Å²) in [7, 11) is 0. The molecule has 1 N–H and O–H groups in total. The van der Waals surface area contributed by atoms with Gasteiger partial charge in [0.05, 0.1) is 6.61 Å². The van der Waals surface area contributed by atoms with E-state index in [-0.39, 0.29) is 5.91 Å². The summed E-state index contributed by atoms with van der Waals surface area (Å²) >= 11 is 3.07. The third kappa shape index (κ3) is 3.38. The number of hydrogen-bond acceptors (Lipinski definition) is 5. The molecule has 0 fully saturated rings. The summed E-state index contributed by atoms with van der Waals surface area (Å²) in [6.45, 7) is 4.53. The van der Waals surface area contributed by atoms with E-state index >= 15 is 0 Å². The van der Waals surface area contributed by atoms with Gasteiger partial charge >= 0.3 is 0 Å². The van der Waals surface area contributed by atoms with Crippen LogP contribution in [-0.2, 0) is 4.84 Å². The van der Waals surface area contributed by atoms with Crippen LogP contribution in [0, 0.1) is 5.92 Å². The zero-order valence-corrected chi connectivity index (χ0v) is 11.8. The van der Waals surface area contributed by atoms with Gasteiger partial charge in [0.2, 0.25) is 0 Å². The minimum Gasteiger partial charge on any atom is -0.273 e. The van der Waals surface area contributed by atoms with Crippen LogP contribution in [0.1, 0.15) is 24.3 Å². The second kappa shape index (κ2) is 6.08. The highest BCUT2D eigenvalue weighted by Gasteiger charge is 2.12. The number of nitrogens with zero attached hydrogens (tertiary/aromatic N) is 1. The first-order valence-electron chi connectivity index (χ1n) is 5.57. The predicted molar refractivity (Wildman–Crippen MR) is 73.7 cm³/mol. The molecule has 0 aliphatic rings. The zero-order chi connectivity index (χ0) is 13.0. The lowest BCUT2D eigenvalue weighted by molar-refractivity contribution is 0.0205. The molecule has 0 aliphatic heterocycles. The van der Waals surface area contributed by atoms with Gasteiger partial charge in [-0.3, -0.25) is 9.63 Å². The number of hydrogen-bond donors (Lipinski definition) is 1.